The van der Waals surface area contributed by atoms with Crippen LogP contribution in [0.15, 0.2) is 42.5 Å². The zero-order valence-electron chi connectivity index (χ0n) is 8.79. The molecule has 1 nitrogen and oxygen atoms in total. The van der Waals surface area contributed by atoms with E-state index in [0.717, 1.165) is 3.57 Å². The van der Waals surface area contributed by atoms with E-state index in [1.54, 1.807) is 18.2 Å². The van der Waals surface area contributed by atoms with Crippen molar-refractivity contribution >= 4 is 34.2 Å². The lowest BCUT2D eigenvalue weighted by molar-refractivity contribution is 0.435. The third-order valence-corrected chi connectivity index (χ3v) is 3.42. The standard InChI is InChI=1S/C13H9ClFIO/c14-8-9-4-3-5-10(15)13(9)17-12-7-2-1-6-11(12)16/h1-7H,8H2. The smallest absolute Gasteiger partial charge is 0.167 e. The van der Waals surface area contributed by atoms with Crippen LogP contribution in [-0.4, -0.2) is 0 Å². The first-order valence-electron chi connectivity index (χ1n) is 4.98. The Morgan fingerprint density at radius 1 is 1.12 bits per heavy atom. The van der Waals surface area contributed by atoms with Crippen molar-refractivity contribution in [3.8, 4) is 11.5 Å². The molecule has 0 fully saturated rings. The van der Waals surface area contributed by atoms with Crippen molar-refractivity contribution in [1.82, 2.24) is 0 Å². The number of benzene rings is 2. The first-order valence-corrected chi connectivity index (χ1v) is 6.59. The lowest BCUT2D eigenvalue weighted by Crippen LogP contribution is -1.94. The van der Waals surface area contributed by atoms with Crippen LogP contribution in [0.2, 0.25) is 0 Å². The van der Waals surface area contributed by atoms with E-state index in [2.05, 4.69) is 22.6 Å². The SMILES string of the molecule is Fc1cccc(CCl)c1Oc1ccccc1I. The number of alkyl halides is 1. The molecule has 0 saturated heterocycles. The fraction of sp³-hybridized carbons (Fsp3) is 0.0769. The zero-order valence-corrected chi connectivity index (χ0v) is 11.7. The highest BCUT2D eigenvalue weighted by Crippen LogP contribution is 2.31. The Hall–Kier alpha value is -0.810. The average Bonchev–Trinajstić information content (AvgIpc) is 2.34. The van der Waals surface area contributed by atoms with Crippen molar-refractivity contribution < 1.29 is 9.13 Å². The van der Waals surface area contributed by atoms with Crippen molar-refractivity contribution in [1.29, 1.82) is 0 Å². The molecule has 17 heavy (non-hydrogen) atoms. The van der Waals surface area contributed by atoms with Crippen molar-refractivity contribution in [3.63, 3.8) is 0 Å². The normalized spacial score (nSPS) is 10.3. The molecule has 0 spiro atoms. The van der Waals surface area contributed by atoms with E-state index in [1.807, 2.05) is 18.2 Å². The summed E-state index contributed by atoms with van der Waals surface area (Å²) in [5.41, 5.74) is 0.645. The highest BCUT2D eigenvalue weighted by Gasteiger charge is 2.11. The van der Waals surface area contributed by atoms with Crippen LogP contribution >= 0.6 is 34.2 Å². The number of rotatable bonds is 3. The summed E-state index contributed by atoms with van der Waals surface area (Å²) in [6.45, 7) is 0. The highest BCUT2D eigenvalue weighted by molar-refractivity contribution is 14.1. The van der Waals surface area contributed by atoms with Crippen LogP contribution in [0.3, 0.4) is 0 Å². The Balaban J connectivity index is 2.39. The average molecular weight is 363 g/mol. The molecule has 0 amide bonds. The second-order valence-electron chi connectivity index (χ2n) is 3.39. The van der Waals surface area contributed by atoms with Gasteiger partial charge in [0.2, 0.25) is 0 Å². The minimum Gasteiger partial charge on any atom is -0.453 e. The maximum atomic E-state index is 13.7. The Morgan fingerprint density at radius 3 is 2.59 bits per heavy atom. The van der Waals surface area contributed by atoms with Crippen LogP contribution in [0.4, 0.5) is 4.39 Å². The summed E-state index contributed by atoms with van der Waals surface area (Å²) < 4.78 is 20.2. The quantitative estimate of drug-likeness (QED) is 0.554. The van der Waals surface area contributed by atoms with Gasteiger partial charge < -0.3 is 4.74 Å². The van der Waals surface area contributed by atoms with Crippen molar-refractivity contribution in [3.05, 3.63) is 57.4 Å². The molecule has 2 aromatic rings. The molecule has 4 heteroatoms. The zero-order chi connectivity index (χ0) is 12.3. The topological polar surface area (TPSA) is 9.23 Å². The molecule has 0 aliphatic rings. The van der Waals surface area contributed by atoms with Crippen LogP contribution < -0.4 is 4.74 Å². The second-order valence-corrected chi connectivity index (χ2v) is 4.82. The third-order valence-electron chi connectivity index (χ3n) is 2.24. The Bertz CT molecular complexity index is 531. The lowest BCUT2D eigenvalue weighted by atomic mass is 10.2. The Labute approximate surface area is 118 Å². The van der Waals surface area contributed by atoms with Gasteiger partial charge in [0.05, 0.1) is 9.45 Å². The molecule has 0 aliphatic heterocycles. The van der Waals surface area contributed by atoms with Crippen LogP contribution in [0.1, 0.15) is 5.56 Å². The number of ether oxygens (including phenoxy) is 1. The summed E-state index contributed by atoms with van der Waals surface area (Å²) >= 11 is 7.90. The first-order chi connectivity index (χ1) is 8.22. The van der Waals surface area contributed by atoms with Gasteiger partial charge in [0.1, 0.15) is 5.75 Å². The van der Waals surface area contributed by atoms with E-state index < -0.39 is 5.82 Å². The van der Waals surface area contributed by atoms with Gasteiger partial charge in [0.15, 0.2) is 11.6 Å². The molecule has 0 aromatic heterocycles. The fourth-order valence-corrected chi connectivity index (χ4v) is 2.12. The second kappa shape index (κ2) is 5.69. The fourth-order valence-electron chi connectivity index (χ4n) is 1.41. The molecule has 0 heterocycles. The summed E-state index contributed by atoms with van der Waals surface area (Å²) in [6, 6.07) is 12.2. The summed E-state index contributed by atoms with van der Waals surface area (Å²) in [6.07, 6.45) is 0. The Morgan fingerprint density at radius 2 is 1.88 bits per heavy atom. The Kier molecular flexibility index (Phi) is 4.23. The maximum absolute atomic E-state index is 13.7. The van der Waals surface area contributed by atoms with E-state index in [0.29, 0.717) is 11.3 Å². The number of hydrogen-bond acceptors (Lipinski definition) is 1. The van der Waals surface area contributed by atoms with Gasteiger partial charge in [-0.15, -0.1) is 11.6 Å². The first kappa shape index (κ1) is 12.6. The van der Waals surface area contributed by atoms with Gasteiger partial charge in [-0.05, 0) is 40.8 Å². The van der Waals surface area contributed by atoms with Crippen LogP contribution in [0, 0.1) is 9.39 Å². The van der Waals surface area contributed by atoms with Crippen LogP contribution in [0.5, 0.6) is 11.5 Å². The van der Waals surface area contributed by atoms with Crippen LogP contribution in [0.25, 0.3) is 0 Å². The summed E-state index contributed by atoms with van der Waals surface area (Å²) in [5, 5.41) is 0. The molecule has 0 radical (unpaired) electrons. The third kappa shape index (κ3) is 2.90. The van der Waals surface area contributed by atoms with E-state index >= 15 is 0 Å². The summed E-state index contributed by atoms with van der Waals surface area (Å²) in [7, 11) is 0. The van der Waals surface area contributed by atoms with Gasteiger partial charge in [-0.25, -0.2) is 4.39 Å². The molecule has 0 unspecified atom stereocenters. The van der Waals surface area contributed by atoms with Crippen molar-refractivity contribution in [2.24, 2.45) is 0 Å². The molecule has 2 aromatic carbocycles. The molecule has 88 valence electrons. The van der Waals surface area contributed by atoms with Crippen molar-refractivity contribution in [2.75, 3.05) is 0 Å². The predicted octanol–water partition coefficient (Wildman–Crippen LogP) is 4.96. The number of halogens is 3. The van der Waals surface area contributed by atoms with Gasteiger partial charge in [0.25, 0.3) is 0 Å². The van der Waals surface area contributed by atoms with E-state index in [1.165, 1.54) is 6.07 Å². The molecular formula is C13H9ClFIO. The summed E-state index contributed by atoms with van der Waals surface area (Å²) in [5.74, 6) is 0.648. The van der Waals surface area contributed by atoms with Gasteiger partial charge in [-0.3, -0.25) is 0 Å². The van der Waals surface area contributed by atoms with E-state index in [9.17, 15) is 4.39 Å². The lowest BCUT2D eigenvalue weighted by Gasteiger charge is -2.11. The van der Waals surface area contributed by atoms with Crippen molar-refractivity contribution in [2.45, 2.75) is 5.88 Å². The highest BCUT2D eigenvalue weighted by atomic mass is 127. The number of para-hydroxylation sites is 2. The van der Waals surface area contributed by atoms with E-state index in [4.69, 9.17) is 16.3 Å². The van der Waals surface area contributed by atoms with E-state index in [-0.39, 0.29) is 11.6 Å². The molecule has 0 saturated carbocycles. The largest absolute Gasteiger partial charge is 0.453 e. The van der Waals surface area contributed by atoms with Gasteiger partial charge in [-0.1, -0.05) is 24.3 Å². The molecule has 0 N–H and O–H groups in total. The van der Waals surface area contributed by atoms with Gasteiger partial charge in [-0.2, -0.15) is 0 Å². The van der Waals surface area contributed by atoms with Gasteiger partial charge in [0, 0.05) is 5.56 Å². The number of hydrogen-bond donors (Lipinski definition) is 0. The molecule has 2 rings (SSSR count). The molecular weight excluding hydrogens is 353 g/mol. The van der Waals surface area contributed by atoms with Gasteiger partial charge >= 0.3 is 0 Å². The monoisotopic (exact) mass is 362 g/mol. The minimum absolute atomic E-state index is 0.201. The maximum Gasteiger partial charge on any atom is 0.167 e. The minimum atomic E-state index is -0.400. The van der Waals surface area contributed by atoms with Crippen LogP contribution in [-0.2, 0) is 5.88 Å². The summed E-state index contributed by atoms with van der Waals surface area (Å²) in [4.78, 5) is 0. The molecule has 0 bridgehead atoms. The molecule has 0 aliphatic carbocycles. The molecule has 0 atom stereocenters. The predicted molar refractivity (Wildman–Crippen MR) is 75.2 cm³/mol.